The fourth-order valence-corrected chi connectivity index (χ4v) is 2.41. The van der Waals surface area contributed by atoms with Gasteiger partial charge in [-0.1, -0.05) is 0 Å². The van der Waals surface area contributed by atoms with Crippen molar-refractivity contribution in [3.63, 3.8) is 0 Å². The molecule has 0 N–H and O–H groups in total. The number of pyridine rings is 1. The second kappa shape index (κ2) is 3.45. The van der Waals surface area contributed by atoms with Crippen molar-refractivity contribution in [1.29, 1.82) is 0 Å². The quantitative estimate of drug-likeness (QED) is 0.595. The average Bonchev–Trinajstić information content (AvgIpc) is 2.84. The van der Waals surface area contributed by atoms with Crippen LogP contribution < -0.4 is 0 Å². The van der Waals surface area contributed by atoms with Crippen molar-refractivity contribution >= 4 is 16.7 Å². The topological polar surface area (TPSA) is 78.1 Å². The molecule has 4 rings (SSSR count). The third-order valence-corrected chi connectivity index (χ3v) is 3.41. The van der Waals surface area contributed by atoms with E-state index in [-0.39, 0.29) is 5.60 Å². The Morgan fingerprint density at radius 2 is 2.26 bits per heavy atom. The van der Waals surface area contributed by atoms with Crippen molar-refractivity contribution in [2.45, 2.75) is 32.5 Å². The molecule has 0 fully saturated rings. The second-order valence-corrected chi connectivity index (χ2v) is 5.38. The maximum absolute atomic E-state index is 5.82. The first kappa shape index (κ1) is 10.7. The Kier molecular flexibility index (Phi) is 1.95. The van der Waals surface area contributed by atoms with Gasteiger partial charge in [0.05, 0.1) is 23.3 Å². The summed E-state index contributed by atoms with van der Waals surface area (Å²) in [6.45, 7) is 4.70. The van der Waals surface area contributed by atoms with E-state index in [4.69, 9.17) is 4.74 Å². The van der Waals surface area contributed by atoms with Crippen molar-refractivity contribution in [2.24, 2.45) is 0 Å². The van der Waals surface area contributed by atoms with Gasteiger partial charge in [0.15, 0.2) is 11.3 Å². The molecule has 0 atom stereocenters. The standard InChI is InChI=1S/C12H12N6O/c1-12(2)4-9-7(5-19-12)3-8-10(14-9)13-6-18-11(8)15-16-17-18/h3,6H,4-5H2,1-2H3. The van der Waals surface area contributed by atoms with Crippen LogP contribution in [0.25, 0.3) is 16.7 Å². The van der Waals surface area contributed by atoms with Gasteiger partial charge in [-0.25, -0.2) is 9.97 Å². The van der Waals surface area contributed by atoms with Crippen molar-refractivity contribution < 1.29 is 4.74 Å². The molecule has 19 heavy (non-hydrogen) atoms. The van der Waals surface area contributed by atoms with E-state index >= 15 is 0 Å². The van der Waals surface area contributed by atoms with Crippen molar-refractivity contribution in [2.75, 3.05) is 0 Å². The van der Waals surface area contributed by atoms with E-state index < -0.39 is 0 Å². The fourth-order valence-electron chi connectivity index (χ4n) is 2.41. The summed E-state index contributed by atoms with van der Waals surface area (Å²) in [7, 11) is 0. The smallest absolute Gasteiger partial charge is 0.192 e. The maximum Gasteiger partial charge on any atom is 0.192 e. The second-order valence-electron chi connectivity index (χ2n) is 5.38. The van der Waals surface area contributed by atoms with E-state index in [1.54, 1.807) is 10.8 Å². The first-order valence-electron chi connectivity index (χ1n) is 6.12. The molecule has 1 aliphatic rings. The lowest BCUT2D eigenvalue weighted by Gasteiger charge is -2.31. The number of hydrogen-bond donors (Lipinski definition) is 0. The van der Waals surface area contributed by atoms with Gasteiger partial charge < -0.3 is 4.74 Å². The summed E-state index contributed by atoms with van der Waals surface area (Å²) in [6.07, 6.45) is 2.37. The summed E-state index contributed by atoms with van der Waals surface area (Å²) in [6, 6.07) is 2.03. The zero-order valence-electron chi connectivity index (χ0n) is 10.7. The Balaban J connectivity index is 2.01. The number of hydrogen-bond acceptors (Lipinski definition) is 6. The minimum atomic E-state index is -0.172. The van der Waals surface area contributed by atoms with Crippen LogP contribution in [0.4, 0.5) is 0 Å². The van der Waals surface area contributed by atoms with E-state index in [1.807, 2.05) is 6.07 Å². The van der Waals surface area contributed by atoms with Crippen LogP contribution in [0.1, 0.15) is 25.1 Å². The highest BCUT2D eigenvalue weighted by Crippen LogP contribution is 2.28. The van der Waals surface area contributed by atoms with Crippen molar-refractivity contribution in [3.05, 3.63) is 23.7 Å². The zero-order valence-corrected chi connectivity index (χ0v) is 10.7. The summed E-state index contributed by atoms with van der Waals surface area (Å²) in [5, 5.41) is 12.4. The monoisotopic (exact) mass is 256 g/mol. The molecule has 3 aromatic rings. The Morgan fingerprint density at radius 3 is 3.16 bits per heavy atom. The zero-order chi connectivity index (χ0) is 13.0. The van der Waals surface area contributed by atoms with E-state index in [9.17, 15) is 0 Å². The number of fused-ring (bicyclic) bond motifs is 4. The largest absolute Gasteiger partial charge is 0.370 e. The van der Waals surface area contributed by atoms with E-state index in [0.29, 0.717) is 17.9 Å². The van der Waals surface area contributed by atoms with Gasteiger partial charge in [-0.05, 0) is 30.3 Å². The predicted octanol–water partition coefficient (Wildman–Crippen LogP) is 0.919. The first-order chi connectivity index (χ1) is 9.12. The molecule has 0 unspecified atom stereocenters. The Labute approximate surface area is 108 Å². The van der Waals surface area contributed by atoms with Crippen LogP contribution in [0.3, 0.4) is 0 Å². The van der Waals surface area contributed by atoms with Gasteiger partial charge in [-0.3, -0.25) is 0 Å². The van der Waals surface area contributed by atoms with Gasteiger partial charge in [-0.15, -0.1) is 5.10 Å². The van der Waals surface area contributed by atoms with Crippen LogP contribution in [-0.2, 0) is 17.8 Å². The molecule has 7 heteroatoms. The van der Waals surface area contributed by atoms with Gasteiger partial charge >= 0.3 is 0 Å². The molecule has 4 heterocycles. The number of tetrazole rings is 1. The molecule has 0 bridgehead atoms. The molecule has 0 aromatic carbocycles. The minimum Gasteiger partial charge on any atom is -0.370 e. The van der Waals surface area contributed by atoms with Gasteiger partial charge in [-0.2, -0.15) is 4.52 Å². The summed E-state index contributed by atoms with van der Waals surface area (Å²) < 4.78 is 7.36. The predicted molar refractivity (Wildman–Crippen MR) is 66.5 cm³/mol. The third kappa shape index (κ3) is 1.58. The van der Waals surface area contributed by atoms with E-state index in [1.165, 1.54) is 0 Å². The summed E-state index contributed by atoms with van der Waals surface area (Å²) in [4.78, 5) is 8.95. The summed E-state index contributed by atoms with van der Waals surface area (Å²) in [5.41, 5.74) is 3.32. The fraction of sp³-hybridized carbons (Fsp3) is 0.417. The van der Waals surface area contributed by atoms with Crippen molar-refractivity contribution in [1.82, 2.24) is 30.0 Å². The Bertz CT molecular complexity index is 793. The van der Waals surface area contributed by atoms with E-state index in [0.717, 1.165) is 23.1 Å². The Morgan fingerprint density at radius 1 is 1.37 bits per heavy atom. The lowest BCUT2D eigenvalue weighted by atomic mass is 9.95. The highest BCUT2D eigenvalue weighted by Gasteiger charge is 2.27. The van der Waals surface area contributed by atoms with Crippen molar-refractivity contribution in [3.8, 4) is 0 Å². The lowest BCUT2D eigenvalue weighted by molar-refractivity contribution is -0.0411. The summed E-state index contributed by atoms with van der Waals surface area (Å²) >= 11 is 0. The molecule has 96 valence electrons. The molecule has 0 aliphatic carbocycles. The van der Waals surface area contributed by atoms with Gasteiger partial charge in [0.2, 0.25) is 0 Å². The first-order valence-corrected chi connectivity index (χ1v) is 6.12. The minimum absolute atomic E-state index is 0.172. The number of nitrogens with zero attached hydrogens (tertiary/aromatic N) is 6. The van der Waals surface area contributed by atoms with Gasteiger partial charge in [0.25, 0.3) is 0 Å². The number of rotatable bonds is 0. The molecule has 0 radical (unpaired) electrons. The average molecular weight is 256 g/mol. The van der Waals surface area contributed by atoms with Crippen LogP contribution in [0.2, 0.25) is 0 Å². The molecule has 0 spiro atoms. The van der Waals surface area contributed by atoms with Crippen LogP contribution in [0.15, 0.2) is 12.4 Å². The van der Waals surface area contributed by atoms with Crippen LogP contribution in [0, 0.1) is 0 Å². The maximum atomic E-state index is 5.82. The van der Waals surface area contributed by atoms with Crippen LogP contribution >= 0.6 is 0 Å². The molecule has 0 saturated carbocycles. The van der Waals surface area contributed by atoms with E-state index in [2.05, 4.69) is 39.3 Å². The number of aromatic nitrogens is 6. The SMILES string of the molecule is CC1(C)Cc2nc3ncn4nnnc4c3cc2CO1. The van der Waals surface area contributed by atoms with Crippen LogP contribution in [-0.4, -0.2) is 35.6 Å². The van der Waals surface area contributed by atoms with Gasteiger partial charge in [0, 0.05) is 12.0 Å². The highest BCUT2D eigenvalue weighted by atomic mass is 16.5. The normalized spacial score (nSPS) is 17.8. The highest BCUT2D eigenvalue weighted by molar-refractivity contribution is 5.88. The van der Waals surface area contributed by atoms with Crippen LogP contribution in [0.5, 0.6) is 0 Å². The molecule has 0 saturated heterocycles. The third-order valence-electron chi connectivity index (χ3n) is 3.41. The molecule has 1 aliphatic heterocycles. The molecular weight excluding hydrogens is 244 g/mol. The molecule has 7 nitrogen and oxygen atoms in total. The summed E-state index contributed by atoms with van der Waals surface area (Å²) in [5.74, 6) is 0. The van der Waals surface area contributed by atoms with Gasteiger partial charge in [0.1, 0.15) is 6.33 Å². The Hall–Kier alpha value is -2.15. The molecule has 0 amide bonds. The molecular formula is C12H12N6O. The number of ether oxygens (including phenoxy) is 1. The lowest BCUT2D eigenvalue weighted by Crippen LogP contribution is -2.32. The molecule has 3 aromatic heterocycles.